The molecule has 2 aromatic rings. The Hall–Kier alpha value is -1.96. The van der Waals surface area contributed by atoms with Gasteiger partial charge in [0, 0.05) is 19.8 Å². The average Bonchev–Trinajstić information content (AvgIpc) is 2.49. The predicted molar refractivity (Wildman–Crippen MR) is 87.6 cm³/mol. The largest absolute Gasteiger partial charge is 0.489 e. The predicted octanol–water partition coefficient (Wildman–Crippen LogP) is 4.67. The van der Waals surface area contributed by atoms with E-state index in [0.29, 0.717) is 6.61 Å². The van der Waals surface area contributed by atoms with Gasteiger partial charge in [-0.15, -0.1) is 0 Å². The van der Waals surface area contributed by atoms with Gasteiger partial charge in [-0.1, -0.05) is 43.7 Å². The van der Waals surface area contributed by atoms with Crippen LogP contribution in [0.3, 0.4) is 0 Å². The number of hydrogen-bond acceptors (Lipinski definition) is 2. The van der Waals surface area contributed by atoms with Gasteiger partial charge < -0.3 is 9.64 Å². The van der Waals surface area contributed by atoms with Crippen LogP contribution in [-0.4, -0.2) is 14.1 Å². The molecule has 0 atom stereocenters. The molecule has 2 rings (SSSR count). The minimum absolute atomic E-state index is 0.602. The van der Waals surface area contributed by atoms with Crippen molar-refractivity contribution in [2.45, 2.75) is 27.4 Å². The van der Waals surface area contributed by atoms with Gasteiger partial charge in [-0.05, 0) is 36.8 Å². The summed E-state index contributed by atoms with van der Waals surface area (Å²) in [6.45, 7) is 6.68. The highest BCUT2D eigenvalue weighted by molar-refractivity contribution is 5.47. The van der Waals surface area contributed by atoms with E-state index >= 15 is 0 Å². The zero-order chi connectivity index (χ0) is 15.0. The maximum absolute atomic E-state index is 5.76. The fraction of sp³-hybridized carbons (Fsp3) is 0.333. The summed E-state index contributed by atoms with van der Waals surface area (Å²) in [6, 6.07) is 16.5. The number of nitrogens with zero attached hydrogens (tertiary/aromatic N) is 1. The van der Waals surface area contributed by atoms with Crippen molar-refractivity contribution in [3.05, 3.63) is 59.7 Å². The van der Waals surface area contributed by atoms with Gasteiger partial charge in [-0.3, -0.25) is 0 Å². The van der Waals surface area contributed by atoms with Crippen LogP contribution in [0.1, 0.15) is 25.0 Å². The van der Waals surface area contributed by atoms with Crippen molar-refractivity contribution in [2.75, 3.05) is 19.0 Å². The molecule has 0 spiro atoms. The van der Waals surface area contributed by atoms with Crippen molar-refractivity contribution in [1.29, 1.82) is 0 Å². The Morgan fingerprint density at radius 1 is 0.950 bits per heavy atom. The lowest BCUT2D eigenvalue weighted by atomic mass is 10.2. The number of ether oxygens (including phenoxy) is 1. The summed E-state index contributed by atoms with van der Waals surface area (Å²) in [6.07, 6.45) is 0. The molecule has 0 aliphatic carbocycles. The quantitative estimate of drug-likeness (QED) is 0.801. The summed E-state index contributed by atoms with van der Waals surface area (Å²) in [5.74, 6) is 0.913. The van der Waals surface area contributed by atoms with Gasteiger partial charge in [0.15, 0.2) is 0 Å². The minimum atomic E-state index is 0.602. The van der Waals surface area contributed by atoms with Gasteiger partial charge in [0.25, 0.3) is 0 Å². The summed E-state index contributed by atoms with van der Waals surface area (Å²) < 4.78 is 5.76. The molecule has 0 N–H and O–H groups in total. The summed E-state index contributed by atoms with van der Waals surface area (Å²) in [5, 5.41) is 0. The maximum Gasteiger partial charge on any atom is 0.119 e. The van der Waals surface area contributed by atoms with Crippen LogP contribution in [0.5, 0.6) is 5.75 Å². The van der Waals surface area contributed by atoms with Crippen LogP contribution < -0.4 is 9.64 Å². The van der Waals surface area contributed by atoms with E-state index in [1.807, 2.05) is 40.1 Å². The number of rotatable bonds is 4. The molecule has 0 aliphatic rings. The molecule has 0 saturated carbocycles. The third-order valence-electron chi connectivity index (χ3n) is 2.85. The lowest BCUT2D eigenvalue weighted by Crippen LogP contribution is -2.09. The van der Waals surface area contributed by atoms with Crippen LogP contribution in [0.2, 0.25) is 0 Å². The fourth-order valence-electron chi connectivity index (χ4n) is 1.73. The van der Waals surface area contributed by atoms with Crippen molar-refractivity contribution in [1.82, 2.24) is 0 Å². The molecule has 0 amide bonds. The van der Waals surface area contributed by atoms with E-state index < -0.39 is 0 Å². The summed E-state index contributed by atoms with van der Waals surface area (Å²) in [7, 11) is 4.08. The molecule has 0 heterocycles. The first-order valence-corrected chi connectivity index (χ1v) is 7.11. The Morgan fingerprint density at radius 2 is 1.60 bits per heavy atom. The van der Waals surface area contributed by atoms with Gasteiger partial charge in [-0.25, -0.2) is 0 Å². The van der Waals surface area contributed by atoms with Gasteiger partial charge in [0.2, 0.25) is 0 Å². The molecule has 0 radical (unpaired) electrons. The Balaban J connectivity index is 0.000000956. The lowest BCUT2D eigenvalue weighted by molar-refractivity contribution is 0.306. The third-order valence-corrected chi connectivity index (χ3v) is 2.85. The van der Waals surface area contributed by atoms with E-state index in [0.717, 1.165) is 5.75 Å². The Bertz CT molecular complexity index is 503. The number of anilines is 1. The molecule has 2 aromatic carbocycles. The summed E-state index contributed by atoms with van der Waals surface area (Å²) in [5.41, 5.74) is 3.62. The van der Waals surface area contributed by atoms with Crippen LogP contribution in [0.4, 0.5) is 5.69 Å². The smallest absolute Gasteiger partial charge is 0.119 e. The molecule has 0 unspecified atom stereocenters. The molecular weight excluding hydrogens is 246 g/mol. The molecule has 0 bridgehead atoms. The van der Waals surface area contributed by atoms with Gasteiger partial charge in [0.1, 0.15) is 12.4 Å². The Labute approximate surface area is 123 Å². The molecule has 2 nitrogen and oxygen atoms in total. The van der Waals surface area contributed by atoms with E-state index in [1.54, 1.807) is 0 Å². The second-order valence-corrected chi connectivity index (χ2v) is 4.67. The molecule has 0 aliphatic heterocycles. The first kappa shape index (κ1) is 16.1. The van der Waals surface area contributed by atoms with Gasteiger partial charge in [0.05, 0.1) is 0 Å². The van der Waals surface area contributed by atoms with Crippen LogP contribution >= 0.6 is 0 Å². The molecular formula is C18H25NO. The second-order valence-electron chi connectivity index (χ2n) is 4.67. The molecule has 20 heavy (non-hydrogen) atoms. The van der Waals surface area contributed by atoms with Crippen molar-refractivity contribution < 1.29 is 4.74 Å². The molecule has 108 valence electrons. The Kier molecular flexibility index (Phi) is 6.65. The lowest BCUT2D eigenvalue weighted by Gasteiger charge is -2.14. The van der Waals surface area contributed by atoms with E-state index in [1.165, 1.54) is 16.8 Å². The van der Waals surface area contributed by atoms with Crippen LogP contribution in [-0.2, 0) is 6.61 Å². The topological polar surface area (TPSA) is 12.5 Å². The normalized spacial score (nSPS) is 9.45. The fourth-order valence-corrected chi connectivity index (χ4v) is 1.73. The zero-order valence-corrected chi connectivity index (χ0v) is 13.2. The molecule has 0 fully saturated rings. The van der Waals surface area contributed by atoms with Crippen LogP contribution in [0.25, 0.3) is 0 Å². The summed E-state index contributed by atoms with van der Waals surface area (Å²) >= 11 is 0. The number of aryl methyl sites for hydroxylation is 1. The van der Waals surface area contributed by atoms with Crippen LogP contribution in [0.15, 0.2) is 48.5 Å². The third kappa shape index (κ3) is 4.96. The number of hydrogen-bond donors (Lipinski definition) is 0. The van der Waals surface area contributed by atoms with E-state index in [9.17, 15) is 0 Å². The SMILES string of the molecule is CC.Cc1ccc(OCc2cccc(N(C)C)c2)cc1. The summed E-state index contributed by atoms with van der Waals surface area (Å²) in [4.78, 5) is 2.09. The van der Waals surface area contributed by atoms with Gasteiger partial charge in [-0.2, -0.15) is 0 Å². The highest BCUT2D eigenvalue weighted by atomic mass is 16.5. The van der Waals surface area contributed by atoms with Gasteiger partial charge >= 0.3 is 0 Å². The van der Waals surface area contributed by atoms with E-state index in [2.05, 4.69) is 48.2 Å². The Morgan fingerprint density at radius 3 is 2.20 bits per heavy atom. The van der Waals surface area contributed by atoms with Crippen molar-refractivity contribution >= 4 is 5.69 Å². The highest BCUT2D eigenvalue weighted by Gasteiger charge is 1.99. The monoisotopic (exact) mass is 271 g/mol. The average molecular weight is 271 g/mol. The minimum Gasteiger partial charge on any atom is -0.489 e. The first-order chi connectivity index (χ1) is 9.65. The molecule has 0 saturated heterocycles. The van der Waals surface area contributed by atoms with E-state index in [-0.39, 0.29) is 0 Å². The maximum atomic E-state index is 5.76. The molecule has 2 heteroatoms. The zero-order valence-electron chi connectivity index (χ0n) is 13.2. The first-order valence-electron chi connectivity index (χ1n) is 7.11. The van der Waals surface area contributed by atoms with E-state index in [4.69, 9.17) is 4.74 Å². The second kappa shape index (κ2) is 8.26. The van der Waals surface area contributed by atoms with Crippen molar-refractivity contribution in [3.63, 3.8) is 0 Å². The number of benzene rings is 2. The molecule has 0 aromatic heterocycles. The van der Waals surface area contributed by atoms with Crippen molar-refractivity contribution in [2.24, 2.45) is 0 Å². The highest BCUT2D eigenvalue weighted by Crippen LogP contribution is 2.17. The standard InChI is InChI=1S/C16H19NO.C2H6/c1-13-7-9-16(10-8-13)18-12-14-5-4-6-15(11-14)17(2)3;1-2/h4-11H,12H2,1-3H3;1-2H3. The van der Waals surface area contributed by atoms with Crippen LogP contribution in [0, 0.1) is 6.92 Å². The van der Waals surface area contributed by atoms with Crippen molar-refractivity contribution in [3.8, 4) is 5.75 Å².